The maximum Gasteiger partial charge on any atom is 0.254 e. The molecule has 0 fully saturated rings. The van der Waals surface area contributed by atoms with Crippen LogP contribution in [0.15, 0.2) is 6.07 Å². The fourth-order valence-corrected chi connectivity index (χ4v) is 1.23. The Bertz CT molecular complexity index is 492. The fraction of sp³-hybridized carbons (Fsp3) is 0.364. The Morgan fingerprint density at radius 1 is 1.39 bits per heavy atom. The highest BCUT2D eigenvalue weighted by Gasteiger charge is 2.26. The molecule has 3 nitrogen and oxygen atoms in total. The van der Waals surface area contributed by atoms with Crippen LogP contribution >= 0.6 is 11.6 Å². The van der Waals surface area contributed by atoms with Gasteiger partial charge in [-0.1, -0.05) is 0 Å². The predicted molar refractivity (Wildman–Crippen MR) is 60.2 cm³/mol. The van der Waals surface area contributed by atoms with Gasteiger partial charge < -0.3 is 10.4 Å². The quantitative estimate of drug-likeness (QED) is 0.661. The maximum atomic E-state index is 13.4. The van der Waals surface area contributed by atoms with Gasteiger partial charge in [0.25, 0.3) is 5.91 Å². The third kappa shape index (κ3) is 2.87. The van der Waals surface area contributed by atoms with Gasteiger partial charge in [-0.05, 0) is 19.9 Å². The van der Waals surface area contributed by atoms with E-state index in [1.807, 2.05) is 0 Å². The summed E-state index contributed by atoms with van der Waals surface area (Å²) in [7, 11) is 0. The van der Waals surface area contributed by atoms with Gasteiger partial charge in [0.1, 0.15) is 0 Å². The predicted octanol–water partition coefficient (Wildman–Crippen LogP) is 2.56. The van der Waals surface area contributed by atoms with E-state index in [1.54, 1.807) is 13.8 Å². The van der Waals surface area contributed by atoms with Crippen molar-refractivity contribution < 1.29 is 23.1 Å². The zero-order valence-electron chi connectivity index (χ0n) is 9.65. The summed E-state index contributed by atoms with van der Waals surface area (Å²) >= 11 is 5.56. The SMILES string of the molecule is CC(C)(CCl)NC(=O)c1cc(F)c(F)c(O)c1F. The first kappa shape index (κ1) is 14.6. The monoisotopic (exact) mass is 281 g/mol. The van der Waals surface area contributed by atoms with Crippen molar-refractivity contribution in [2.75, 3.05) is 5.88 Å². The molecular formula is C11H11ClF3NO2. The minimum absolute atomic E-state index is 0.0377. The number of hydrogen-bond donors (Lipinski definition) is 2. The summed E-state index contributed by atoms with van der Waals surface area (Å²) in [4.78, 5) is 11.6. The zero-order chi connectivity index (χ0) is 14.1. The zero-order valence-corrected chi connectivity index (χ0v) is 10.4. The average molecular weight is 282 g/mol. The van der Waals surface area contributed by atoms with Crippen LogP contribution < -0.4 is 5.32 Å². The minimum Gasteiger partial charge on any atom is -0.503 e. The number of benzene rings is 1. The summed E-state index contributed by atoms with van der Waals surface area (Å²) in [5.41, 5.74) is -1.64. The Balaban J connectivity index is 3.15. The minimum atomic E-state index is -1.74. The highest BCUT2D eigenvalue weighted by atomic mass is 35.5. The highest BCUT2D eigenvalue weighted by Crippen LogP contribution is 2.26. The van der Waals surface area contributed by atoms with E-state index >= 15 is 0 Å². The van der Waals surface area contributed by atoms with E-state index in [9.17, 15) is 18.0 Å². The van der Waals surface area contributed by atoms with E-state index in [0.717, 1.165) is 0 Å². The number of halogens is 4. The number of amides is 1. The molecule has 1 aromatic carbocycles. The van der Waals surface area contributed by atoms with Gasteiger partial charge in [-0.2, -0.15) is 4.39 Å². The summed E-state index contributed by atoms with van der Waals surface area (Å²) in [6.07, 6.45) is 0. The molecule has 0 aliphatic rings. The smallest absolute Gasteiger partial charge is 0.254 e. The molecule has 0 aliphatic heterocycles. The van der Waals surface area contributed by atoms with E-state index in [-0.39, 0.29) is 5.88 Å². The Kier molecular flexibility index (Phi) is 4.11. The van der Waals surface area contributed by atoms with Crippen LogP contribution in [0.4, 0.5) is 13.2 Å². The summed E-state index contributed by atoms with van der Waals surface area (Å²) in [6.45, 7) is 3.13. The van der Waals surface area contributed by atoms with Crippen molar-refractivity contribution in [1.29, 1.82) is 0 Å². The van der Waals surface area contributed by atoms with Crippen molar-refractivity contribution in [2.45, 2.75) is 19.4 Å². The summed E-state index contributed by atoms with van der Waals surface area (Å²) in [5.74, 6) is -7.24. The molecule has 0 aromatic heterocycles. The topological polar surface area (TPSA) is 49.3 Å². The van der Waals surface area contributed by atoms with Crippen molar-refractivity contribution in [1.82, 2.24) is 5.32 Å². The molecule has 1 aromatic rings. The second kappa shape index (κ2) is 5.06. The fourth-order valence-electron chi connectivity index (χ4n) is 1.16. The first-order valence-electron chi connectivity index (χ1n) is 4.94. The normalized spacial score (nSPS) is 11.4. The Morgan fingerprint density at radius 2 is 1.94 bits per heavy atom. The van der Waals surface area contributed by atoms with Gasteiger partial charge >= 0.3 is 0 Å². The second-order valence-electron chi connectivity index (χ2n) is 4.35. The molecular weight excluding hydrogens is 271 g/mol. The molecule has 0 heterocycles. The van der Waals surface area contributed by atoms with E-state index in [1.165, 1.54) is 0 Å². The Hall–Kier alpha value is -1.43. The van der Waals surface area contributed by atoms with Crippen LogP contribution in [0, 0.1) is 17.5 Å². The molecule has 100 valence electrons. The number of phenolic OH excluding ortho intramolecular Hbond substituents is 1. The third-order valence-electron chi connectivity index (χ3n) is 2.16. The third-order valence-corrected chi connectivity index (χ3v) is 2.83. The van der Waals surface area contributed by atoms with Crippen LogP contribution in [-0.2, 0) is 0 Å². The molecule has 0 spiro atoms. The number of rotatable bonds is 3. The lowest BCUT2D eigenvalue weighted by Crippen LogP contribution is -2.45. The van der Waals surface area contributed by atoms with Gasteiger partial charge in [0.15, 0.2) is 17.4 Å². The molecule has 0 atom stereocenters. The molecule has 0 radical (unpaired) electrons. The van der Waals surface area contributed by atoms with Crippen molar-refractivity contribution >= 4 is 17.5 Å². The summed E-state index contributed by atoms with van der Waals surface area (Å²) < 4.78 is 39.2. The van der Waals surface area contributed by atoms with Crippen molar-refractivity contribution in [3.63, 3.8) is 0 Å². The summed E-state index contributed by atoms with van der Waals surface area (Å²) in [5, 5.41) is 11.3. The Morgan fingerprint density at radius 3 is 2.44 bits per heavy atom. The Labute approximate surface area is 107 Å². The molecule has 0 saturated heterocycles. The number of phenols is 1. The first-order chi connectivity index (χ1) is 8.19. The van der Waals surface area contributed by atoms with Crippen LogP contribution in [-0.4, -0.2) is 22.4 Å². The van der Waals surface area contributed by atoms with Crippen LogP contribution in [0.25, 0.3) is 0 Å². The number of alkyl halides is 1. The van der Waals surface area contributed by atoms with E-state index in [4.69, 9.17) is 16.7 Å². The van der Waals surface area contributed by atoms with Crippen LogP contribution in [0.2, 0.25) is 0 Å². The largest absolute Gasteiger partial charge is 0.503 e. The van der Waals surface area contributed by atoms with Gasteiger partial charge in [0.05, 0.1) is 5.56 Å². The van der Waals surface area contributed by atoms with Gasteiger partial charge in [0.2, 0.25) is 5.82 Å². The van der Waals surface area contributed by atoms with Crippen LogP contribution in [0.1, 0.15) is 24.2 Å². The maximum absolute atomic E-state index is 13.4. The average Bonchev–Trinajstić information content (AvgIpc) is 2.30. The lowest BCUT2D eigenvalue weighted by molar-refractivity contribution is 0.0914. The van der Waals surface area contributed by atoms with Crippen molar-refractivity contribution in [2.24, 2.45) is 0 Å². The van der Waals surface area contributed by atoms with Crippen LogP contribution in [0.5, 0.6) is 5.75 Å². The number of carbonyl (C=O) groups is 1. The molecule has 1 rings (SSSR count). The number of carbonyl (C=O) groups excluding carboxylic acids is 1. The molecule has 7 heteroatoms. The lowest BCUT2D eigenvalue weighted by atomic mass is 10.1. The molecule has 0 bridgehead atoms. The number of aromatic hydroxyl groups is 1. The van der Waals surface area contributed by atoms with Crippen molar-refractivity contribution in [3.05, 3.63) is 29.1 Å². The second-order valence-corrected chi connectivity index (χ2v) is 4.62. The lowest BCUT2D eigenvalue weighted by Gasteiger charge is -2.23. The van der Waals surface area contributed by atoms with Gasteiger partial charge in [-0.25, -0.2) is 8.78 Å². The first-order valence-corrected chi connectivity index (χ1v) is 5.48. The summed E-state index contributed by atoms with van der Waals surface area (Å²) in [6, 6.07) is 0.379. The van der Waals surface area contributed by atoms with Gasteiger partial charge in [-0.15, -0.1) is 11.6 Å². The van der Waals surface area contributed by atoms with E-state index in [0.29, 0.717) is 6.07 Å². The molecule has 1 amide bonds. The van der Waals surface area contributed by atoms with Gasteiger partial charge in [-0.3, -0.25) is 4.79 Å². The van der Waals surface area contributed by atoms with E-state index < -0.39 is 40.2 Å². The number of hydrogen-bond acceptors (Lipinski definition) is 2. The molecule has 2 N–H and O–H groups in total. The molecule has 0 saturated carbocycles. The van der Waals surface area contributed by atoms with Crippen molar-refractivity contribution in [3.8, 4) is 5.75 Å². The molecule has 0 aliphatic carbocycles. The van der Waals surface area contributed by atoms with Crippen LogP contribution in [0.3, 0.4) is 0 Å². The highest BCUT2D eigenvalue weighted by molar-refractivity contribution is 6.18. The van der Waals surface area contributed by atoms with E-state index in [2.05, 4.69) is 5.32 Å². The standard InChI is InChI=1S/C11H11ClF3NO2/c1-11(2,4-12)16-10(18)5-3-6(13)8(15)9(17)7(5)14/h3,17H,4H2,1-2H3,(H,16,18). The van der Waals surface area contributed by atoms with Gasteiger partial charge in [0, 0.05) is 11.4 Å². The molecule has 0 unspecified atom stereocenters. The number of nitrogens with one attached hydrogen (secondary N) is 1. The molecule has 18 heavy (non-hydrogen) atoms.